The van der Waals surface area contributed by atoms with Crippen molar-refractivity contribution in [1.29, 1.82) is 0 Å². The van der Waals surface area contributed by atoms with Crippen molar-refractivity contribution in [3.63, 3.8) is 0 Å². The highest BCUT2D eigenvalue weighted by atomic mass is 19.1. The molecule has 24 heavy (non-hydrogen) atoms. The van der Waals surface area contributed by atoms with E-state index in [4.69, 9.17) is 0 Å². The Morgan fingerprint density at radius 1 is 0.833 bits per heavy atom. The van der Waals surface area contributed by atoms with Crippen molar-refractivity contribution >= 4 is 23.4 Å². The molecule has 130 valence electrons. The lowest BCUT2D eigenvalue weighted by molar-refractivity contribution is 0.207. The van der Waals surface area contributed by atoms with Crippen LogP contribution in [-0.4, -0.2) is 48.5 Å². The Hall–Kier alpha value is -3.18. The summed E-state index contributed by atoms with van der Waals surface area (Å²) < 4.78 is 24.3. The van der Waals surface area contributed by atoms with Crippen LogP contribution in [0.25, 0.3) is 0 Å². The number of nitroso groups, excluding NO2 is 2. The number of amides is 4. The number of carbonyl (C=O) groups excluding carboxylic acids is 2. The number of halogens is 2. The Balaban J connectivity index is 2.65. The van der Waals surface area contributed by atoms with E-state index < -0.39 is 38.5 Å². The van der Waals surface area contributed by atoms with E-state index in [2.05, 4.69) is 21.2 Å². The summed E-state index contributed by atoms with van der Waals surface area (Å²) in [7, 11) is 0. The molecule has 0 fully saturated rings. The molecule has 0 spiro atoms. The predicted molar refractivity (Wildman–Crippen MR) is 81.4 cm³/mol. The summed E-state index contributed by atoms with van der Waals surface area (Å²) in [6.45, 7) is -2.81. The predicted octanol–water partition coefficient (Wildman–Crippen LogP) is 2.66. The number of benzene rings is 1. The molecule has 0 aromatic heterocycles. The summed E-state index contributed by atoms with van der Waals surface area (Å²) in [6, 6.07) is 3.66. The number of urea groups is 2. The molecular weight excluding hydrogens is 330 g/mol. The zero-order valence-electron chi connectivity index (χ0n) is 12.3. The first-order valence-corrected chi connectivity index (χ1v) is 6.61. The molecule has 1 aromatic rings. The maximum absolute atomic E-state index is 12.1. The number of anilines is 2. The Morgan fingerprint density at radius 3 is 1.42 bits per heavy atom. The molecule has 0 heterocycles. The molecule has 12 heteroatoms. The van der Waals surface area contributed by atoms with Gasteiger partial charge in [-0.3, -0.25) is 0 Å². The third-order valence-corrected chi connectivity index (χ3v) is 2.65. The molecule has 10 nitrogen and oxygen atoms in total. The van der Waals surface area contributed by atoms with Gasteiger partial charge < -0.3 is 10.6 Å². The van der Waals surface area contributed by atoms with Gasteiger partial charge in [0, 0.05) is 11.4 Å². The van der Waals surface area contributed by atoms with Gasteiger partial charge >= 0.3 is 12.1 Å². The third kappa shape index (κ3) is 5.55. The van der Waals surface area contributed by atoms with Gasteiger partial charge in [0.15, 0.2) is 0 Å². The van der Waals surface area contributed by atoms with E-state index in [1.165, 1.54) is 24.3 Å². The fraction of sp³-hybridized carbons (Fsp3) is 0.333. The van der Waals surface area contributed by atoms with Crippen LogP contribution in [0.5, 0.6) is 0 Å². The van der Waals surface area contributed by atoms with E-state index in [0.29, 0.717) is 10.0 Å². The molecule has 1 aromatic carbocycles. The lowest BCUT2D eigenvalue weighted by Gasteiger charge is -2.14. The highest BCUT2D eigenvalue weighted by molar-refractivity contribution is 5.91. The normalized spacial score (nSPS) is 9.75. The number of nitrogens with one attached hydrogen (secondary N) is 2. The average Bonchev–Trinajstić information content (AvgIpc) is 2.58. The van der Waals surface area contributed by atoms with Crippen LogP contribution in [-0.2, 0) is 0 Å². The van der Waals surface area contributed by atoms with E-state index >= 15 is 0 Å². The first-order chi connectivity index (χ1) is 11.5. The quantitative estimate of drug-likeness (QED) is 0.555. The first kappa shape index (κ1) is 18.9. The maximum Gasteiger partial charge on any atom is 0.344 e. The van der Waals surface area contributed by atoms with Crippen molar-refractivity contribution < 1.29 is 18.4 Å². The summed E-state index contributed by atoms with van der Waals surface area (Å²) in [4.78, 5) is 43.9. The van der Waals surface area contributed by atoms with Crippen molar-refractivity contribution in [2.75, 3.05) is 37.1 Å². The molecule has 1 rings (SSSR count). The molecular formula is C12H14F2N6O4. The highest BCUT2D eigenvalue weighted by Crippen LogP contribution is 2.15. The summed E-state index contributed by atoms with van der Waals surface area (Å²) >= 11 is 0. The van der Waals surface area contributed by atoms with Gasteiger partial charge in [-0.1, -0.05) is 0 Å². The summed E-state index contributed by atoms with van der Waals surface area (Å²) in [5.74, 6) is 0. The second-order valence-corrected chi connectivity index (χ2v) is 4.23. The second-order valence-electron chi connectivity index (χ2n) is 4.23. The molecule has 0 aliphatic carbocycles. The number of carbonyl (C=O) groups is 2. The third-order valence-electron chi connectivity index (χ3n) is 2.65. The van der Waals surface area contributed by atoms with Gasteiger partial charge in [0.2, 0.25) is 0 Å². The molecule has 0 radical (unpaired) electrons. The van der Waals surface area contributed by atoms with Crippen LogP contribution >= 0.6 is 0 Å². The van der Waals surface area contributed by atoms with Crippen molar-refractivity contribution in [1.82, 2.24) is 10.0 Å². The molecule has 0 unspecified atom stereocenters. The lowest BCUT2D eigenvalue weighted by atomic mass is 10.3. The standard InChI is InChI=1S/C12H14F2N6O4/c13-5-7-19(17-23)11(21)15-9-1-2-10(4-3-9)16-12(22)20(18-24)8-6-14/h1-4H,5-8H2,(H,15,21)(H,16,22). The highest BCUT2D eigenvalue weighted by Gasteiger charge is 2.15. The zero-order chi connectivity index (χ0) is 17.9. The van der Waals surface area contributed by atoms with Crippen molar-refractivity contribution in [2.45, 2.75) is 0 Å². The van der Waals surface area contributed by atoms with Crippen LogP contribution in [0.2, 0.25) is 0 Å². The Kier molecular flexibility index (Phi) is 7.67. The lowest BCUT2D eigenvalue weighted by Crippen LogP contribution is -2.32. The molecule has 0 aliphatic rings. The minimum absolute atomic E-state index is 0.250. The zero-order valence-corrected chi connectivity index (χ0v) is 12.3. The Morgan fingerprint density at radius 2 is 1.17 bits per heavy atom. The first-order valence-electron chi connectivity index (χ1n) is 6.61. The van der Waals surface area contributed by atoms with Crippen LogP contribution in [0.4, 0.5) is 29.7 Å². The van der Waals surface area contributed by atoms with Gasteiger partial charge in [0.05, 0.1) is 23.7 Å². The van der Waals surface area contributed by atoms with Gasteiger partial charge in [-0.2, -0.15) is 10.0 Å². The number of alkyl halides is 2. The van der Waals surface area contributed by atoms with E-state index in [0.717, 1.165) is 0 Å². The molecule has 0 atom stereocenters. The maximum atomic E-state index is 12.1. The van der Waals surface area contributed by atoms with Crippen molar-refractivity contribution in [3.8, 4) is 0 Å². The summed E-state index contributed by atoms with van der Waals surface area (Å²) in [5.41, 5.74) is 0.499. The number of hydrogen-bond donors (Lipinski definition) is 2. The molecule has 0 saturated carbocycles. The Labute approximate surface area is 134 Å². The number of rotatable bonds is 8. The van der Waals surface area contributed by atoms with Crippen molar-refractivity contribution in [2.24, 2.45) is 10.6 Å². The number of nitrogens with zero attached hydrogens (tertiary/aromatic N) is 4. The van der Waals surface area contributed by atoms with E-state index in [1.54, 1.807) is 0 Å². The van der Waals surface area contributed by atoms with E-state index in [9.17, 15) is 28.2 Å². The van der Waals surface area contributed by atoms with Crippen LogP contribution in [0.1, 0.15) is 0 Å². The fourth-order valence-electron chi connectivity index (χ4n) is 1.53. The summed E-state index contributed by atoms with van der Waals surface area (Å²) in [6.07, 6.45) is 0. The van der Waals surface area contributed by atoms with Crippen LogP contribution in [0, 0.1) is 9.81 Å². The monoisotopic (exact) mass is 344 g/mol. The molecule has 0 aliphatic heterocycles. The average molecular weight is 344 g/mol. The van der Waals surface area contributed by atoms with Crippen LogP contribution in [0.3, 0.4) is 0 Å². The van der Waals surface area contributed by atoms with Crippen molar-refractivity contribution in [3.05, 3.63) is 34.1 Å². The second kappa shape index (κ2) is 9.76. The Bertz CT molecular complexity index is 534. The van der Waals surface area contributed by atoms with Gasteiger partial charge in [-0.25, -0.2) is 18.4 Å². The van der Waals surface area contributed by atoms with Crippen LogP contribution in [0.15, 0.2) is 34.8 Å². The largest absolute Gasteiger partial charge is 0.344 e. The molecule has 0 bridgehead atoms. The number of hydrogen-bond acceptors (Lipinski definition) is 6. The summed E-state index contributed by atoms with van der Waals surface area (Å²) in [5, 5.41) is 10.1. The van der Waals surface area contributed by atoms with Gasteiger partial charge in [-0.05, 0) is 24.3 Å². The topological polar surface area (TPSA) is 124 Å². The van der Waals surface area contributed by atoms with Crippen LogP contribution < -0.4 is 10.6 Å². The van der Waals surface area contributed by atoms with Gasteiger partial charge in [0.25, 0.3) is 0 Å². The molecule has 2 N–H and O–H groups in total. The minimum Gasteiger partial charge on any atom is -0.306 e. The van der Waals surface area contributed by atoms with E-state index in [-0.39, 0.29) is 11.4 Å². The van der Waals surface area contributed by atoms with E-state index in [1.807, 2.05) is 0 Å². The fourth-order valence-corrected chi connectivity index (χ4v) is 1.53. The van der Waals surface area contributed by atoms with Gasteiger partial charge in [0.1, 0.15) is 13.3 Å². The molecule has 4 amide bonds. The SMILES string of the molecule is O=NN(CCF)C(=O)Nc1ccc(NC(=O)N(CCF)N=O)cc1. The smallest absolute Gasteiger partial charge is 0.306 e. The van der Waals surface area contributed by atoms with Gasteiger partial charge in [-0.15, -0.1) is 9.81 Å². The molecule has 0 saturated heterocycles. The minimum atomic E-state index is -0.926.